The van der Waals surface area contributed by atoms with Crippen molar-refractivity contribution in [2.75, 3.05) is 0 Å². The number of unbranched alkanes of at least 4 members (excludes halogenated alkanes) is 32. The molecule has 0 aromatic carbocycles. The van der Waals surface area contributed by atoms with Gasteiger partial charge in [-0.25, -0.2) is 9.13 Å². The van der Waals surface area contributed by atoms with Crippen LogP contribution >= 0.6 is 0 Å². The molecule has 0 fully saturated rings. The Morgan fingerprint density at radius 3 is 1.04 bits per heavy atom. The van der Waals surface area contributed by atoms with Crippen LogP contribution in [0.2, 0.25) is 0 Å². The van der Waals surface area contributed by atoms with Gasteiger partial charge in [-0.15, -0.1) is 0 Å². The van der Waals surface area contributed by atoms with Crippen molar-refractivity contribution in [3.05, 3.63) is 18.2 Å². The molecule has 2 heteroatoms. The Hall–Kier alpha value is -0.790. The molecule has 0 aliphatic heterocycles. The van der Waals surface area contributed by atoms with Crippen LogP contribution in [0.25, 0.3) is 0 Å². The Morgan fingerprint density at radius 1 is 0.370 bits per heavy atom. The van der Waals surface area contributed by atoms with Gasteiger partial charge in [-0.1, -0.05) is 213 Å². The smallest absolute Gasteiger partial charge is 0.234 e. The van der Waals surface area contributed by atoms with E-state index in [0.29, 0.717) is 0 Å². The van der Waals surface area contributed by atoms with E-state index in [1.54, 1.807) is 5.82 Å². The lowest BCUT2D eigenvalue weighted by atomic mass is 10.0. The topological polar surface area (TPSA) is 8.81 Å². The van der Waals surface area contributed by atoms with Crippen molar-refractivity contribution in [2.24, 2.45) is 0 Å². The van der Waals surface area contributed by atoms with Crippen LogP contribution in [0, 0.1) is 0 Å². The molecule has 0 atom stereocenters. The van der Waals surface area contributed by atoms with Crippen LogP contribution < -0.4 is 4.57 Å². The van der Waals surface area contributed by atoms with E-state index in [1.807, 2.05) is 0 Å². The largest absolute Gasteiger partial charge is 0.256 e. The van der Waals surface area contributed by atoms with Crippen LogP contribution in [0.1, 0.15) is 251 Å². The first kappa shape index (κ1) is 43.2. The molecule has 1 aromatic rings. The van der Waals surface area contributed by atoms with E-state index in [2.05, 4.69) is 42.3 Å². The Kier molecular flexibility index (Phi) is 33.4. The van der Waals surface area contributed by atoms with Gasteiger partial charge >= 0.3 is 0 Å². The number of hydrogen-bond donors (Lipinski definition) is 0. The van der Waals surface area contributed by atoms with E-state index in [1.165, 1.54) is 244 Å². The number of nitrogens with zero attached hydrogens (tertiary/aromatic N) is 2. The van der Waals surface area contributed by atoms with Crippen LogP contribution in [0.4, 0.5) is 0 Å². The van der Waals surface area contributed by atoms with Gasteiger partial charge in [0.25, 0.3) is 5.82 Å². The van der Waals surface area contributed by atoms with E-state index in [9.17, 15) is 0 Å². The number of imidazole rings is 1. The Bertz CT molecular complexity index is 707. The fourth-order valence-electron chi connectivity index (χ4n) is 7.39. The third kappa shape index (κ3) is 27.2. The van der Waals surface area contributed by atoms with Crippen molar-refractivity contribution in [2.45, 2.75) is 265 Å². The molecule has 0 aliphatic rings. The highest BCUT2D eigenvalue weighted by molar-refractivity contribution is 4.84. The Balaban J connectivity index is 2.18. The predicted octanol–water partition coefficient (Wildman–Crippen LogP) is 15.0. The zero-order valence-electron chi connectivity index (χ0n) is 32.4. The van der Waals surface area contributed by atoms with E-state index >= 15 is 0 Å². The summed E-state index contributed by atoms with van der Waals surface area (Å²) in [6.07, 6.45) is 56.4. The Labute approximate surface area is 291 Å². The number of rotatable bonds is 38. The van der Waals surface area contributed by atoms with Crippen LogP contribution in [-0.2, 0) is 19.5 Å². The average molecular weight is 644 g/mol. The summed E-state index contributed by atoms with van der Waals surface area (Å²) in [5.41, 5.74) is 0. The number of hydrogen-bond acceptors (Lipinski definition) is 0. The summed E-state index contributed by atoms with van der Waals surface area (Å²) in [4.78, 5) is 0. The second kappa shape index (κ2) is 35.5. The summed E-state index contributed by atoms with van der Waals surface area (Å²) in [7, 11) is 0. The summed E-state index contributed by atoms with van der Waals surface area (Å²) < 4.78 is 5.27. The number of aryl methyl sites for hydroxylation is 2. The fourth-order valence-corrected chi connectivity index (χ4v) is 7.39. The van der Waals surface area contributed by atoms with Gasteiger partial charge in [0.1, 0.15) is 12.4 Å². The maximum absolute atomic E-state index is 2.64. The van der Waals surface area contributed by atoms with E-state index < -0.39 is 0 Å². The maximum atomic E-state index is 2.64. The molecule has 0 aliphatic carbocycles. The standard InChI is InChI=1S/C44H87N2/c1-4-7-10-13-16-18-20-22-23-24-25-26-28-30-32-35-38-41-46-43-42-45(40-37-34-15-12-9-6-3)44(46)39-36-33-31-29-27-21-19-17-14-11-8-5-2/h42-43H,4-41H2,1-3H3/q+1. The molecule has 1 heterocycles. The molecule has 2 nitrogen and oxygen atoms in total. The van der Waals surface area contributed by atoms with Crippen molar-refractivity contribution < 1.29 is 4.57 Å². The summed E-state index contributed by atoms with van der Waals surface area (Å²) in [5.74, 6) is 1.62. The molecular weight excluding hydrogens is 556 g/mol. The van der Waals surface area contributed by atoms with E-state index in [4.69, 9.17) is 0 Å². The zero-order valence-corrected chi connectivity index (χ0v) is 32.4. The van der Waals surface area contributed by atoms with Crippen molar-refractivity contribution in [3.63, 3.8) is 0 Å². The van der Waals surface area contributed by atoms with Crippen LogP contribution in [0.3, 0.4) is 0 Å². The van der Waals surface area contributed by atoms with Gasteiger partial charge < -0.3 is 0 Å². The third-order valence-corrected chi connectivity index (χ3v) is 10.6. The minimum atomic E-state index is 1.23. The van der Waals surface area contributed by atoms with Crippen molar-refractivity contribution in [3.8, 4) is 0 Å². The summed E-state index contributed by atoms with van der Waals surface area (Å²) in [5, 5.41) is 0. The molecule has 272 valence electrons. The van der Waals surface area contributed by atoms with Crippen molar-refractivity contribution in [1.29, 1.82) is 0 Å². The first-order valence-electron chi connectivity index (χ1n) is 21.9. The third-order valence-electron chi connectivity index (χ3n) is 10.6. The second-order valence-electron chi connectivity index (χ2n) is 15.2. The van der Waals surface area contributed by atoms with Gasteiger partial charge in [0.2, 0.25) is 0 Å². The lowest BCUT2D eigenvalue weighted by Crippen LogP contribution is -2.37. The van der Waals surface area contributed by atoms with Crippen molar-refractivity contribution >= 4 is 0 Å². The van der Waals surface area contributed by atoms with Gasteiger partial charge in [-0.2, -0.15) is 0 Å². The first-order chi connectivity index (χ1) is 22.8. The molecule has 0 unspecified atom stereocenters. The molecule has 0 N–H and O–H groups in total. The van der Waals surface area contributed by atoms with Crippen LogP contribution in [0.15, 0.2) is 12.4 Å². The van der Waals surface area contributed by atoms with Crippen molar-refractivity contribution in [1.82, 2.24) is 4.57 Å². The first-order valence-corrected chi connectivity index (χ1v) is 21.9. The van der Waals surface area contributed by atoms with E-state index in [0.717, 1.165) is 0 Å². The minimum Gasteiger partial charge on any atom is -0.234 e. The normalized spacial score (nSPS) is 11.6. The van der Waals surface area contributed by atoms with Crippen LogP contribution in [-0.4, -0.2) is 4.57 Å². The SMILES string of the molecule is CCCCCCCCCCCCCCCCCCCn1cc[n+](CCCCCCCC)c1CCCCCCCCCCCCCC. The quantitative estimate of drug-likeness (QED) is 0.0501. The molecule has 46 heavy (non-hydrogen) atoms. The fraction of sp³-hybridized carbons (Fsp3) is 0.932. The zero-order chi connectivity index (χ0) is 33.0. The highest BCUT2D eigenvalue weighted by Crippen LogP contribution is 2.16. The van der Waals surface area contributed by atoms with Gasteiger partial charge in [-0.05, 0) is 32.1 Å². The Morgan fingerprint density at radius 2 is 0.674 bits per heavy atom. The van der Waals surface area contributed by atoms with Crippen LogP contribution in [0.5, 0.6) is 0 Å². The summed E-state index contributed by atoms with van der Waals surface area (Å²) in [6.45, 7) is 9.41. The lowest BCUT2D eigenvalue weighted by molar-refractivity contribution is -0.704. The molecule has 0 bridgehead atoms. The van der Waals surface area contributed by atoms with Gasteiger partial charge in [-0.3, -0.25) is 0 Å². The molecule has 0 spiro atoms. The monoisotopic (exact) mass is 644 g/mol. The van der Waals surface area contributed by atoms with E-state index in [-0.39, 0.29) is 0 Å². The summed E-state index contributed by atoms with van der Waals surface area (Å²) >= 11 is 0. The molecule has 1 aromatic heterocycles. The van der Waals surface area contributed by atoms with Gasteiger partial charge in [0, 0.05) is 6.42 Å². The van der Waals surface area contributed by atoms with Gasteiger partial charge in [0.05, 0.1) is 13.1 Å². The number of aromatic nitrogens is 2. The highest BCUT2D eigenvalue weighted by atomic mass is 15.1. The highest BCUT2D eigenvalue weighted by Gasteiger charge is 2.16. The predicted molar refractivity (Wildman–Crippen MR) is 207 cm³/mol. The second-order valence-corrected chi connectivity index (χ2v) is 15.2. The average Bonchev–Trinajstić information content (AvgIpc) is 3.45. The minimum absolute atomic E-state index is 1.23. The molecule has 0 radical (unpaired) electrons. The molecule has 1 rings (SSSR count). The lowest BCUT2D eigenvalue weighted by Gasteiger charge is -2.07. The maximum Gasteiger partial charge on any atom is 0.256 e. The summed E-state index contributed by atoms with van der Waals surface area (Å²) in [6, 6.07) is 0. The molecule has 0 saturated carbocycles. The molecule has 0 saturated heterocycles. The molecular formula is C44H87N2+. The molecule has 0 amide bonds. The van der Waals surface area contributed by atoms with Gasteiger partial charge in [0.15, 0.2) is 0 Å².